The van der Waals surface area contributed by atoms with Crippen LogP contribution in [0.1, 0.15) is 43.2 Å². The summed E-state index contributed by atoms with van der Waals surface area (Å²) in [5, 5.41) is 8.62. The van der Waals surface area contributed by atoms with Gasteiger partial charge in [0.25, 0.3) is 0 Å². The van der Waals surface area contributed by atoms with Gasteiger partial charge in [0.05, 0.1) is 17.6 Å². The smallest absolute Gasteiger partial charge is 0.333 e. The van der Waals surface area contributed by atoms with E-state index in [9.17, 15) is 13.2 Å². The summed E-state index contributed by atoms with van der Waals surface area (Å²) in [5.74, 6) is 0.0498. The lowest BCUT2D eigenvalue weighted by molar-refractivity contribution is 0.0567. The van der Waals surface area contributed by atoms with E-state index in [2.05, 4.69) is 15.2 Å². The molecule has 0 aliphatic carbocycles. The molecule has 0 saturated carbocycles. The SMILES string of the molecule is CCn1ncc2c1-c1cnc(N)c(c1)OC(C)c1cc(F)ccc1-c1nn(C(F)F)cc1C2. The first-order chi connectivity index (χ1) is 15.9. The van der Waals surface area contributed by atoms with Crippen molar-refractivity contribution < 1.29 is 17.9 Å². The molecule has 0 saturated heterocycles. The highest BCUT2D eigenvalue weighted by molar-refractivity contribution is 5.71. The van der Waals surface area contributed by atoms with E-state index in [1.807, 2.05) is 11.6 Å². The van der Waals surface area contributed by atoms with E-state index >= 15 is 0 Å². The molecule has 0 amide bonds. The van der Waals surface area contributed by atoms with Gasteiger partial charge in [-0.05, 0) is 38.1 Å². The van der Waals surface area contributed by atoms with Gasteiger partial charge in [0.2, 0.25) is 0 Å². The lowest BCUT2D eigenvalue weighted by Gasteiger charge is -2.21. The third-order valence-electron chi connectivity index (χ3n) is 5.77. The normalized spacial score (nSPS) is 15.2. The molecule has 3 aromatic heterocycles. The van der Waals surface area contributed by atoms with Crippen LogP contribution in [0.4, 0.5) is 19.0 Å². The monoisotopic (exact) mass is 454 g/mol. The van der Waals surface area contributed by atoms with Crippen LogP contribution in [-0.4, -0.2) is 24.5 Å². The Morgan fingerprint density at radius 2 is 2.03 bits per heavy atom. The van der Waals surface area contributed by atoms with Crippen LogP contribution < -0.4 is 10.5 Å². The topological polar surface area (TPSA) is 83.8 Å². The predicted octanol–water partition coefficient (Wildman–Crippen LogP) is 4.99. The molecule has 1 aromatic carbocycles. The second kappa shape index (κ2) is 7.95. The first-order valence-corrected chi connectivity index (χ1v) is 10.5. The van der Waals surface area contributed by atoms with Crippen LogP contribution in [0.2, 0.25) is 0 Å². The quantitative estimate of drug-likeness (QED) is 0.461. The van der Waals surface area contributed by atoms with Crippen molar-refractivity contribution in [2.24, 2.45) is 0 Å². The second-order valence-electron chi connectivity index (χ2n) is 7.87. The highest BCUT2D eigenvalue weighted by atomic mass is 19.3. The maximum Gasteiger partial charge on any atom is 0.333 e. The maximum absolute atomic E-state index is 14.2. The molecule has 0 fully saturated rings. The lowest BCUT2D eigenvalue weighted by Crippen LogP contribution is -2.10. The Hall–Kier alpha value is -3.82. The van der Waals surface area contributed by atoms with Crippen molar-refractivity contribution in [1.82, 2.24) is 24.5 Å². The molecule has 1 atom stereocenters. The van der Waals surface area contributed by atoms with Crippen molar-refractivity contribution in [3.05, 3.63) is 65.4 Å². The van der Waals surface area contributed by atoms with Crippen LogP contribution in [-0.2, 0) is 13.0 Å². The summed E-state index contributed by atoms with van der Waals surface area (Å²) < 4.78 is 49.9. The van der Waals surface area contributed by atoms with Crippen LogP contribution in [0.3, 0.4) is 0 Å². The Bertz CT molecular complexity index is 1350. The Morgan fingerprint density at radius 1 is 1.21 bits per heavy atom. The molecule has 33 heavy (non-hydrogen) atoms. The fourth-order valence-corrected chi connectivity index (χ4v) is 4.24. The number of ether oxygens (including phenoxy) is 1. The predicted molar refractivity (Wildman–Crippen MR) is 116 cm³/mol. The average Bonchev–Trinajstić information content (AvgIpc) is 3.39. The van der Waals surface area contributed by atoms with Crippen LogP contribution in [0.15, 0.2) is 42.9 Å². The number of rotatable bonds is 2. The second-order valence-corrected chi connectivity index (χ2v) is 7.87. The first-order valence-electron chi connectivity index (χ1n) is 10.5. The van der Waals surface area contributed by atoms with Gasteiger partial charge in [-0.1, -0.05) is 0 Å². The van der Waals surface area contributed by atoms with E-state index in [1.54, 1.807) is 25.4 Å². The molecule has 5 rings (SSSR count). The number of halogens is 3. The van der Waals surface area contributed by atoms with E-state index in [4.69, 9.17) is 10.5 Å². The number of alkyl halides is 2. The molecule has 1 unspecified atom stereocenters. The van der Waals surface area contributed by atoms with Gasteiger partial charge in [-0.3, -0.25) is 4.68 Å². The highest BCUT2D eigenvalue weighted by Crippen LogP contribution is 2.38. The largest absolute Gasteiger partial charge is 0.482 e. The van der Waals surface area contributed by atoms with Crippen molar-refractivity contribution in [1.29, 1.82) is 0 Å². The molecule has 2 bridgehead atoms. The number of aryl methyl sites for hydroxylation is 1. The Kier molecular flexibility index (Phi) is 5.07. The number of hydrogen-bond acceptors (Lipinski definition) is 5. The van der Waals surface area contributed by atoms with Crippen LogP contribution in [0.5, 0.6) is 5.75 Å². The third kappa shape index (κ3) is 3.61. The van der Waals surface area contributed by atoms with Crippen molar-refractivity contribution >= 4 is 5.82 Å². The minimum Gasteiger partial charge on any atom is -0.482 e. The van der Waals surface area contributed by atoms with E-state index in [-0.39, 0.29) is 5.82 Å². The minimum absolute atomic E-state index is 0.187. The summed E-state index contributed by atoms with van der Waals surface area (Å²) >= 11 is 0. The van der Waals surface area contributed by atoms with Crippen molar-refractivity contribution in [3.8, 4) is 28.3 Å². The molecule has 0 radical (unpaired) electrons. The van der Waals surface area contributed by atoms with Gasteiger partial charge in [-0.2, -0.15) is 19.0 Å². The molecule has 170 valence electrons. The summed E-state index contributed by atoms with van der Waals surface area (Å²) in [4.78, 5) is 4.28. The fraction of sp³-hybridized carbons (Fsp3) is 0.261. The van der Waals surface area contributed by atoms with Gasteiger partial charge in [0.1, 0.15) is 11.9 Å². The van der Waals surface area contributed by atoms with E-state index in [0.717, 1.165) is 16.8 Å². The van der Waals surface area contributed by atoms with Gasteiger partial charge in [-0.25, -0.2) is 14.1 Å². The number of nitrogen functional groups attached to an aromatic ring is 1. The lowest BCUT2D eigenvalue weighted by atomic mass is 9.95. The summed E-state index contributed by atoms with van der Waals surface area (Å²) in [5.41, 5.74) is 10.3. The molecule has 1 aliphatic heterocycles. The molecule has 1 aliphatic rings. The van der Waals surface area contributed by atoms with E-state index in [0.29, 0.717) is 45.8 Å². The molecule has 4 heterocycles. The number of fused-ring (bicyclic) bond motifs is 7. The molecule has 10 heteroatoms. The molecule has 4 aromatic rings. The van der Waals surface area contributed by atoms with Gasteiger partial charge in [0, 0.05) is 53.2 Å². The standard InChI is InChI=1S/C23H21F3N6O/c1-3-31-21-13(10-29-31)6-15-11-32(23(25)26)30-20(15)17-5-4-16(24)8-18(17)12(2)33-19-7-14(21)9-28-22(19)27/h4-5,7-12,23H,3,6H2,1-2H3,(H2,27,28). The Labute approximate surface area is 187 Å². The zero-order valence-electron chi connectivity index (χ0n) is 18.0. The third-order valence-corrected chi connectivity index (χ3v) is 5.77. The molecule has 0 spiro atoms. The zero-order valence-corrected chi connectivity index (χ0v) is 18.0. The Morgan fingerprint density at radius 3 is 2.79 bits per heavy atom. The zero-order chi connectivity index (χ0) is 23.3. The van der Waals surface area contributed by atoms with Crippen LogP contribution in [0.25, 0.3) is 22.5 Å². The summed E-state index contributed by atoms with van der Waals surface area (Å²) in [6, 6.07) is 5.91. The molecular formula is C23H21F3N6O. The fourth-order valence-electron chi connectivity index (χ4n) is 4.24. The van der Waals surface area contributed by atoms with Gasteiger partial charge < -0.3 is 10.5 Å². The molecular weight excluding hydrogens is 433 g/mol. The van der Waals surface area contributed by atoms with Crippen molar-refractivity contribution in [2.75, 3.05) is 5.73 Å². The van der Waals surface area contributed by atoms with Gasteiger partial charge >= 0.3 is 6.55 Å². The number of hydrogen-bond donors (Lipinski definition) is 1. The van der Waals surface area contributed by atoms with Crippen molar-refractivity contribution in [2.45, 2.75) is 39.5 Å². The van der Waals surface area contributed by atoms with Crippen LogP contribution >= 0.6 is 0 Å². The molecule has 2 N–H and O–H groups in total. The van der Waals surface area contributed by atoms with E-state index < -0.39 is 18.5 Å². The first kappa shape index (κ1) is 21.0. The number of pyridine rings is 1. The average molecular weight is 454 g/mol. The number of anilines is 1. The number of nitrogens with two attached hydrogens (primary N) is 1. The van der Waals surface area contributed by atoms with E-state index in [1.165, 1.54) is 24.4 Å². The highest BCUT2D eigenvalue weighted by Gasteiger charge is 2.25. The van der Waals surface area contributed by atoms with Crippen molar-refractivity contribution in [3.63, 3.8) is 0 Å². The maximum atomic E-state index is 14.2. The van der Waals surface area contributed by atoms with Crippen LogP contribution in [0, 0.1) is 5.82 Å². The number of nitrogens with zero attached hydrogens (tertiary/aromatic N) is 5. The van der Waals surface area contributed by atoms with Gasteiger partial charge in [-0.15, -0.1) is 0 Å². The number of aromatic nitrogens is 5. The summed E-state index contributed by atoms with van der Waals surface area (Å²) in [6.07, 6.45) is 4.30. The summed E-state index contributed by atoms with van der Waals surface area (Å²) in [6.45, 7) is 1.47. The Balaban J connectivity index is 1.81. The molecule has 7 nitrogen and oxygen atoms in total. The minimum atomic E-state index is -2.82. The number of benzene rings is 1. The summed E-state index contributed by atoms with van der Waals surface area (Å²) in [7, 11) is 0. The van der Waals surface area contributed by atoms with Gasteiger partial charge in [0.15, 0.2) is 11.6 Å².